The first-order chi connectivity index (χ1) is 11.7. The molecule has 0 aromatic carbocycles. The van der Waals surface area contributed by atoms with Gasteiger partial charge >= 0.3 is 0 Å². The fourth-order valence-corrected chi connectivity index (χ4v) is 3.85. The van der Waals surface area contributed by atoms with Crippen LogP contribution in [0.25, 0.3) is 15.8 Å². The van der Waals surface area contributed by atoms with Crippen molar-refractivity contribution in [3.8, 4) is 0 Å². The lowest BCUT2D eigenvalue weighted by atomic mass is 10.1. The van der Waals surface area contributed by atoms with Crippen LogP contribution in [0.4, 0.5) is 5.82 Å². The minimum atomic E-state index is 0.335. The van der Waals surface area contributed by atoms with Gasteiger partial charge in [0.15, 0.2) is 0 Å². The predicted molar refractivity (Wildman–Crippen MR) is 97.2 cm³/mol. The van der Waals surface area contributed by atoms with E-state index in [1.807, 2.05) is 10.9 Å². The van der Waals surface area contributed by atoms with Crippen molar-refractivity contribution in [1.29, 1.82) is 0 Å². The van der Waals surface area contributed by atoms with Gasteiger partial charge in [0.1, 0.15) is 17.8 Å². The number of hydrogen-bond donors (Lipinski definition) is 0. The van der Waals surface area contributed by atoms with Gasteiger partial charge in [-0.3, -0.25) is 0 Å². The van der Waals surface area contributed by atoms with E-state index >= 15 is 0 Å². The molecule has 3 aromatic rings. The lowest BCUT2D eigenvalue weighted by molar-refractivity contribution is 0.514. The van der Waals surface area contributed by atoms with E-state index in [-0.39, 0.29) is 0 Å². The van der Waals surface area contributed by atoms with Gasteiger partial charge in [-0.2, -0.15) is 0 Å². The monoisotopic (exact) mass is 340 g/mol. The molecule has 0 saturated carbocycles. The Morgan fingerprint density at radius 1 is 1.21 bits per heavy atom. The molecule has 0 radical (unpaired) electrons. The standard InChI is InChI=1S/C17H20N6S/c1-12(2)23-10-15(20-21-23)13-4-3-7-22(8-5-13)17-16-14(6-9-24-16)18-11-19-17/h4,6,9-12H,3,5,7-8H2,1-2H3. The highest BCUT2D eigenvalue weighted by molar-refractivity contribution is 7.17. The second-order valence-corrected chi connectivity index (χ2v) is 7.18. The van der Waals surface area contributed by atoms with Crippen molar-refractivity contribution < 1.29 is 0 Å². The summed E-state index contributed by atoms with van der Waals surface area (Å²) in [6.07, 6.45) is 7.95. The third kappa shape index (κ3) is 2.80. The van der Waals surface area contributed by atoms with Crippen LogP contribution in [0.15, 0.2) is 30.0 Å². The van der Waals surface area contributed by atoms with E-state index in [0.717, 1.165) is 43.0 Å². The number of nitrogens with zero attached hydrogens (tertiary/aromatic N) is 6. The highest BCUT2D eigenvalue weighted by Crippen LogP contribution is 2.30. The van der Waals surface area contributed by atoms with Crippen molar-refractivity contribution in [2.24, 2.45) is 0 Å². The summed E-state index contributed by atoms with van der Waals surface area (Å²) in [4.78, 5) is 11.2. The molecule has 124 valence electrons. The molecule has 0 spiro atoms. The summed E-state index contributed by atoms with van der Waals surface area (Å²) in [5.41, 5.74) is 3.30. The Labute approximate surface area is 144 Å². The molecule has 0 fully saturated rings. The van der Waals surface area contributed by atoms with E-state index in [4.69, 9.17) is 0 Å². The average molecular weight is 340 g/mol. The summed E-state index contributed by atoms with van der Waals surface area (Å²) in [5.74, 6) is 1.05. The van der Waals surface area contributed by atoms with Gasteiger partial charge in [-0.25, -0.2) is 14.6 Å². The van der Waals surface area contributed by atoms with E-state index < -0.39 is 0 Å². The van der Waals surface area contributed by atoms with E-state index in [1.54, 1.807) is 17.7 Å². The van der Waals surface area contributed by atoms with Gasteiger partial charge < -0.3 is 4.90 Å². The number of rotatable bonds is 3. The van der Waals surface area contributed by atoms with Crippen molar-refractivity contribution in [3.05, 3.63) is 35.7 Å². The van der Waals surface area contributed by atoms with Crippen LogP contribution in [0.3, 0.4) is 0 Å². The number of anilines is 1. The Bertz CT molecular complexity index is 878. The van der Waals surface area contributed by atoms with Crippen molar-refractivity contribution in [1.82, 2.24) is 25.0 Å². The van der Waals surface area contributed by atoms with Crippen LogP contribution in [0, 0.1) is 0 Å². The van der Waals surface area contributed by atoms with Gasteiger partial charge in [0.05, 0.1) is 16.4 Å². The lowest BCUT2D eigenvalue weighted by Crippen LogP contribution is -2.25. The fraction of sp³-hybridized carbons (Fsp3) is 0.412. The normalized spacial score (nSPS) is 15.8. The number of fused-ring (bicyclic) bond motifs is 1. The molecular formula is C17H20N6S. The van der Waals surface area contributed by atoms with Crippen LogP contribution in [0.5, 0.6) is 0 Å². The molecule has 0 unspecified atom stereocenters. The summed E-state index contributed by atoms with van der Waals surface area (Å²) in [5, 5.41) is 10.6. The van der Waals surface area contributed by atoms with Gasteiger partial charge in [-0.1, -0.05) is 11.3 Å². The SMILES string of the molecule is CC(C)n1cc(C2=CCCN(c3ncnc4ccsc34)CC2)nn1. The molecule has 0 atom stereocenters. The molecule has 0 amide bonds. The fourth-order valence-electron chi connectivity index (χ4n) is 2.99. The largest absolute Gasteiger partial charge is 0.355 e. The Hall–Kier alpha value is -2.28. The molecule has 0 saturated heterocycles. The number of thiophene rings is 1. The lowest BCUT2D eigenvalue weighted by Gasteiger charge is -2.21. The van der Waals surface area contributed by atoms with Gasteiger partial charge in [0.25, 0.3) is 0 Å². The summed E-state index contributed by atoms with van der Waals surface area (Å²) in [7, 11) is 0. The first-order valence-corrected chi connectivity index (χ1v) is 9.15. The Balaban J connectivity index is 1.55. The maximum Gasteiger partial charge on any atom is 0.150 e. The molecule has 3 aromatic heterocycles. The average Bonchev–Trinajstić information content (AvgIpc) is 3.19. The smallest absolute Gasteiger partial charge is 0.150 e. The van der Waals surface area contributed by atoms with Crippen molar-refractivity contribution >= 4 is 32.9 Å². The molecule has 4 rings (SSSR count). The van der Waals surface area contributed by atoms with Crippen LogP contribution in [-0.2, 0) is 0 Å². The highest BCUT2D eigenvalue weighted by Gasteiger charge is 2.18. The van der Waals surface area contributed by atoms with Crippen molar-refractivity contribution in [2.75, 3.05) is 18.0 Å². The molecule has 24 heavy (non-hydrogen) atoms. The third-order valence-electron chi connectivity index (χ3n) is 4.33. The van der Waals surface area contributed by atoms with E-state index in [9.17, 15) is 0 Å². The molecule has 6 nitrogen and oxygen atoms in total. The van der Waals surface area contributed by atoms with E-state index in [1.165, 1.54) is 10.3 Å². The van der Waals surface area contributed by atoms with Gasteiger partial charge in [0.2, 0.25) is 0 Å². The van der Waals surface area contributed by atoms with Gasteiger partial charge in [0, 0.05) is 19.1 Å². The van der Waals surface area contributed by atoms with Crippen molar-refractivity contribution in [3.63, 3.8) is 0 Å². The molecule has 1 aliphatic heterocycles. The quantitative estimate of drug-likeness (QED) is 0.730. The predicted octanol–water partition coefficient (Wildman–Crippen LogP) is 3.55. The summed E-state index contributed by atoms with van der Waals surface area (Å²) < 4.78 is 3.09. The zero-order valence-electron chi connectivity index (χ0n) is 13.9. The molecule has 0 bridgehead atoms. The van der Waals surface area contributed by atoms with Gasteiger partial charge in [-0.05, 0) is 43.7 Å². The molecular weight excluding hydrogens is 320 g/mol. The first kappa shape index (κ1) is 15.3. The third-order valence-corrected chi connectivity index (χ3v) is 5.23. The minimum Gasteiger partial charge on any atom is -0.355 e. The van der Waals surface area contributed by atoms with E-state index in [0.29, 0.717) is 6.04 Å². The topological polar surface area (TPSA) is 59.7 Å². The minimum absolute atomic E-state index is 0.335. The summed E-state index contributed by atoms with van der Waals surface area (Å²) in [6, 6.07) is 2.39. The van der Waals surface area contributed by atoms with Crippen LogP contribution in [-0.4, -0.2) is 38.1 Å². The highest BCUT2D eigenvalue weighted by atomic mass is 32.1. The molecule has 7 heteroatoms. The first-order valence-electron chi connectivity index (χ1n) is 8.27. The van der Waals surface area contributed by atoms with Crippen molar-refractivity contribution in [2.45, 2.75) is 32.7 Å². The summed E-state index contributed by atoms with van der Waals surface area (Å²) in [6.45, 7) is 6.13. The second kappa shape index (κ2) is 6.32. The van der Waals surface area contributed by atoms with Crippen LogP contribution >= 0.6 is 11.3 Å². The summed E-state index contributed by atoms with van der Waals surface area (Å²) >= 11 is 1.71. The van der Waals surface area contributed by atoms with Crippen LogP contribution in [0.1, 0.15) is 38.4 Å². The number of hydrogen-bond acceptors (Lipinski definition) is 6. The maximum absolute atomic E-state index is 4.54. The Morgan fingerprint density at radius 2 is 2.12 bits per heavy atom. The number of aromatic nitrogens is 5. The Morgan fingerprint density at radius 3 is 2.96 bits per heavy atom. The van der Waals surface area contributed by atoms with Gasteiger partial charge in [-0.15, -0.1) is 16.4 Å². The molecule has 0 N–H and O–H groups in total. The zero-order chi connectivity index (χ0) is 16.5. The molecule has 1 aliphatic rings. The van der Waals surface area contributed by atoms with E-state index in [2.05, 4.69) is 56.5 Å². The van der Waals surface area contributed by atoms with Crippen LogP contribution < -0.4 is 4.90 Å². The Kier molecular flexibility index (Phi) is 4.02. The van der Waals surface area contributed by atoms with Crippen LogP contribution in [0.2, 0.25) is 0 Å². The molecule has 4 heterocycles. The molecule has 0 aliphatic carbocycles. The second-order valence-electron chi connectivity index (χ2n) is 6.26. The maximum atomic E-state index is 4.54. The zero-order valence-corrected chi connectivity index (χ0v) is 14.7.